The van der Waals surface area contributed by atoms with Crippen LogP contribution >= 0.6 is 0 Å². The third-order valence-electron chi connectivity index (χ3n) is 6.53. The third kappa shape index (κ3) is 9.96. The number of benzene rings is 3. The molecule has 3 aromatic carbocycles. The van der Waals surface area contributed by atoms with Crippen molar-refractivity contribution in [2.24, 2.45) is 0 Å². The van der Waals surface area contributed by atoms with Gasteiger partial charge in [0.15, 0.2) is 0 Å². The van der Waals surface area contributed by atoms with E-state index in [-0.39, 0.29) is 25.5 Å². The van der Waals surface area contributed by atoms with Gasteiger partial charge in [0.05, 0.1) is 12.8 Å². The lowest BCUT2D eigenvalue weighted by Crippen LogP contribution is -2.53. The number of carbonyl (C=O) groups excluding carboxylic acids is 2. The quantitative estimate of drug-likeness (QED) is 0.285. The standard InChI is InChI=1S/C31H39N3O4S/c1-3-4-14-21-32-31(36)29(22-26-15-8-5-9-16-26)34(24-28-19-12-7-13-20-28)30(35)25-33(39(2,37)38)23-27-17-10-6-11-18-27/h5-13,15-20,29H,3-4,14,21-25H2,1-2H3,(H,32,36). The Labute approximate surface area is 232 Å². The number of unbranched alkanes of at least 4 members (excludes halogenated alkanes) is 2. The van der Waals surface area contributed by atoms with E-state index in [0.717, 1.165) is 42.2 Å². The minimum absolute atomic E-state index is 0.0666. The second-order valence-electron chi connectivity index (χ2n) is 9.73. The molecule has 0 saturated heterocycles. The summed E-state index contributed by atoms with van der Waals surface area (Å²) in [4.78, 5) is 29.1. The molecule has 3 aromatic rings. The van der Waals surface area contributed by atoms with E-state index in [4.69, 9.17) is 0 Å². The lowest BCUT2D eigenvalue weighted by atomic mass is 10.0. The molecular weight excluding hydrogens is 510 g/mol. The first-order valence-corrected chi connectivity index (χ1v) is 15.3. The maximum absolute atomic E-state index is 13.9. The molecule has 0 saturated carbocycles. The van der Waals surface area contributed by atoms with Gasteiger partial charge in [0, 0.05) is 26.1 Å². The SMILES string of the molecule is CCCCCNC(=O)C(Cc1ccccc1)N(Cc1ccccc1)C(=O)CN(Cc1ccccc1)S(C)(=O)=O. The molecule has 0 fully saturated rings. The molecule has 0 aromatic heterocycles. The molecule has 0 aliphatic heterocycles. The molecule has 2 amide bonds. The summed E-state index contributed by atoms with van der Waals surface area (Å²) in [6.45, 7) is 2.51. The molecule has 8 heteroatoms. The van der Waals surface area contributed by atoms with E-state index in [9.17, 15) is 18.0 Å². The van der Waals surface area contributed by atoms with E-state index in [0.29, 0.717) is 13.0 Å². The van der Waals surface area contributed by atoms with Gasteiger partial charge >= 0.3 is 0 Å². The highest BCUT2D eigenvalue weighted by Gasteiger charge is 2.32. The molecule has 39 heavy (non-hydrogen) atoms. The lowest BCUT2D eigenvalue weighted by molar-refractivity contribution is -0.141. The smallest absolute Gasteiger partial charge is 0.243 e. The average molecular weight is 550 g/mol. The number of rotatable bonds is 15. The largest absolute Gasteiger partial charge is 0.354 e. The zero-order valence-corrected chi connectivity index (χ0v) is 23.6. The number of carbonyl (C=O) groups is 2. The van der Waals surface area contributed by atoms with Crippen LogP contribution in [0, 0.1) is 0 Å². The average Bonchev–Trinajstić information content (AvgIpc) is 2.93. The molecule has 0 aliphatic carbocycles. The summed E-state index contributed by atoms with van der Waals surface area (Å²) in [5.41, 5.74) is 2.55. The number of amides is 2. The normalized spacial score (nSPS) is 12.2. The Morgan fingerprint density at radius 3 is 1.79 bits per heavy atom. The van der Waals surface area contributed by atoms with Crippen LogP contribution in [-0.2, 0) is 39.1 Å². The minimum Gasteiger partial charge on any atom is -0.354 e. The first-order chi connectivity index (χ1) is 18.8. The molecule has 3 rings (SSSR count). The summed E-state index contributed by atoms with van der Waals surface area (Å²) in [6, 6.07) is 27.4. The minimum atomic E-state index is -3.70. The van der Waals surface area contributed by atoms with Crippen LogP contribution in [0.15, 0.2) is 91.0 Å². The number of sulfonamides is 1. The highest BCUT2D eigenvalue weighted by molar-refractivity contribution is 7.88. The number of nitrogens with zero attached hydrogens (tertiary/aromatic N) is 2. The van der Waals surface area contributed by atoms with Gasteiger partial charge in [-0.15, -0.1) is 0 Å². The Morgan fingerprint density at radius 1 is 0.769 bits per heavy atom. The van der Waals surface area contributed by atoms with Crippen molar-refractivity contribution >= 4 is 21.8 Å². The zero-order valence-electron chi connectivity index (χ0n) is 22.8. The molecule has 0 spiro atoms. The molecule has 0 radical (unpaired) electrons. The van der Waals surface area contributed by atoms with Gasteiger partial charge in [0.25, 0.3) is 0 Å². The Hall–Kier alpha value is -3.49. The molecule has 0 aliphatic rings. The highest BCUT2D eigenvalue weighted by atomic mass is 32.2. The Morgan fingerprint density at radius 2 is 1.28 bits per heavy atom. The predicted molar refractivity (Wildman–Crippen MR) is 155 cm³/mol. The number of nitrogens with one attached hydrogen (secondary N) is 1. The van der Waals surface area contributed by atoms with Crippen LogP contribution in [0.1, 0.15) is 42.9 Å². The maximum atomic E-state index is 13.9. The van der Waals surface area contributed by atoms with Crippen molar-refractivity contribution in [1.82, 2.24) is 14.5 Å². The van der Waals surface area contributed by atoms with Crippen LogP contribution in [0.4, 0.5) is 0 Å². The second kappa shape index (κ2) is 15.2. The van der Waals surface area contributed by atoms with E-state index in [1.165, 1.54) is 9.21 Å². The molecule has 1 unspecified atom stereocenters. The van der Waals surface area contributed by atoms with Crippen LogP contribution in [0.2, 0.25) is 0 Å². The topological polar surface area (TPSA) is 86.8 Å². The molecule has 7 nitrogen and oxygen atoms in total. The summed E-state index contributed by atoms with van der Waals surface area (Å²) in [6.07, 6.45) is 4.30. The van der Waals surface area contributed by atoms with Gasteiger partial charge in [-0.1, -0.05) is 111 Å². The first-order valence-electron chi connectivity index (χ1n) is 13.4. The number of hydrogen-bond donors (Lipinski definition) is 1. The molecule has 208 valence electrons. The van der Waals surface area contributed by atoms with Crippen LogP contribution in [0.25, 0.3) is 0 Å². The van der Waals surface area contributed by atoms with Crippen LogP contribution in [0.5, 0.6) is 0 Å². The van der Waals surface area contributed by atoms with Crippen LogP contribution in [0.3, 0.4) is 0 Å². The molecular formula is C31H39N3O4S. The Kier molecular flexibility index (Phi) is 11.7. The summed E-state index contributed by atoms with van der Waals surface area (Å²) in [7, 11) is -3.70. The maximum Gasteiger partial charge on any atom is 0.243 e. The van der Waals surface area contributed by atoms with Crippen molar-refractivity contribution < 1.29 is 18.0 Å². The van der Waals surface area contributed by atoms with Crippen molar-refractivity contribution in [2.45, 2.75) is 51.7 Å². The fourth-order valence-electron chi connectivity index (χ4n) is 4.36. The zero-order chi connectivity index (χ0) is 28.1. The predicted octanol–water partition coefficient (Wildman–Crippen LogP) is 4.39. The van der Waals surface area contributed by atoms with E-state index in [1.807, 2.05) is 91.0 Å². The third-order valence-corrected chi connectivity index (χ3v) is 7.73. The highest BCUT2D eigenvalue weighted by Crippen LogP contribution is 2.17. The number of hydrogen-bond acceptors (Lipinski definition) is 4. The first kappa shape index (κ1) is 30.1. The van der Waals surface area contributed by atoms with Gasteiger partial charge in [0.2, 0.25) is 21.8 Å². The van der Waals surface area contributed by atoms with Crippen molar-refractivity contribution in [3.05, 3.63) is 108 Å². The van der Waals surface area contributed by atoms with Crippen molar-refractivity contribution in [1.29, 1.82) is 0 Å². The van der Waals surface area contributed by atoms with Crippen molar-refractivity contribution in [2.75, 3.05) is 19.3 Å². The Bertz CT molecular complexity index is 1270. The van der Waals surface area contributed by atoms with Gasteiger partial charge in [-0.3, -0.25) is 9.59 Å². The van der Waals surface area contributed by atoms with Gasteiger partial charge in [-0.2, -0.15) is 4.31 Å². The van der Waals surface area contributed by atoms with Gasteiger partial charge in [-0.25, -0.2) is 8.42 Å². The van der Waals surface area contributed by atoms with Crippen LogP contribution in [-0.4, -0.2) is 54.8 Å². The molecule has 1 N–H and O–H groups in total. The fraction of sp³-hybridized carbons (Fsp3) is 0.355. The van der Waals surface area contributed by atoms with Crippen molar-refractivity contribution in [3.8, 4) is 0 Å². The molecule has 0 bridgehead atoms. The second-order valence-corrected chi connectivity index (χ2v) is 11.7. The molecule has 1 atom stereocenters. The van der Waals surface area contributed by atoms with E-state index in [1.54, 1.807) is 0 Å². The monoisotopic (exact) mass is 549 g/mol. The summed E-state index contributed by atoms with van der Waals surface area (Å²) in [5.74, 6) is -0.668. The lowest BCUT2D eigenvalue weighted by Gasteiger charge is -2.33. The van der Waals surface area contributed by atoms with Gasteiger partial charge in [0.1, 0.15) is 6.04 Å². The summed E-state index contributed by atoms with van der Waals surface area (Å²) >= 11 is 0. The van der Waals surface area contributed by atoms with E-state index < -0.39 is 22.0 Å². The van der Waals surface area contributed by atoms with Gasteiger partial charge < -0.3 is 10.2 Å². The fourth-order valence-corrected chi connectivity index (χ4v) is 5.09. The molecule has 0 heterocycles. The summed E-state index contributed by atoms with van der Waals surface area (Å²) in [5, 5.41) is 3.02. The Balaban J connectivity index is 1.93. The van der Waals surface area contributed by atoms with Crippen LogP contribution < -0.4 is 5.32 Å². The van der Waals surface area contributed by atoms with E-state index in [2.05, 4.69) is 12.2 Å². The van der Waals surface area contributed by atoms with E-state index >= 15 is 0 Å². The summed E-state index contributed by atoms with van der Waals surface area (Å²) < 4.78 is 26.6. The van der Waals surface area contributed by atoms with Crippen molar-refractivity contribution in [3.63, 3.8) is 0 Å². The van der Waals surface area contributed by atoms with Gasteiger partial charge in [-0.05, 0) is 23.1 Å².